The molecular formula is C25H34N2OS. The Hall–Kier alpha value is -1.49. The number of piperidine rings is 1. The van der Waals surface area contributed by atoms with Crippen molar-refractivity contribution in [2.75, 3.05) is 32.9 Å². The molecule has 4 heteroatoms. The number of benzene rings is 2. The van der Waals surface area contributed by atoms with E-state index in [1.807, 2.05) is 0 Å². The molecule has 0 saturated carbocycles. The molecule has 0 radical (unpaired) electrons. The summed E-state index contributed by atoms with van der Waals surface area (Å²) in [6.45, 7) is 6.56. The van der Waals surface area contributed by atoms with Gasteiger partial charge < -0.3 is 15.0 Å². The van der Waals surface area contributed by atoms with Gasteiger partial charge in [0.2, 0.25) is 0 Å². The zero-order chi connectivity index (χ0) is 20.2. The monoisotopic (exact) mass is 410 g/mol. The largest absolute Gasteiger partial charge is 0.490 e. The van der Waals surface area contributed by atoms with Crippen molar-refractivity contribution in [2.24, 2.45) is 5.92 Å². The average Bonchev–Trinajstić information content (AvgIpc) is 2.77. The van der Waals surface area contributed by atoms with Crippen LogP contribution in [0.3, 0.4) is 0 Å². The molecule has 2 aromatic carbocycles. The van der Waals surface area contributed by atoms with Crippen LogP contribution in [0.2, 0.25) is 0 Å². The fourth-order valence-electron chi connectivity index (χ4n) is 4.92. The molecule has 2 heterocycles. The van der Waals surface area contributed by atoms with E-state index in [0.29, 0.717) is 17.9 Å². The molecule has 1 fully saturated rings. The van der Waals surface area contributed by atoms with Gasteiger partial charge in [0.25, 0.3) is 0 Å². The van der Waals surface area contributed by atoms with Gasteiger partial charge in [-0.1, -0.05) is 25.1 Å². The molecule has 0 spiro atoms. The molecule has 0 amide bonds. The summed E-state index contributed by atoms with van der Waals surface area (Å²) >= 11 is 1.80. The minimum absolute atomic E-state index is 0.325. The van der Waals surface area contributed by atoms with Crippen LogP contribution in [-0.2, 0) is 6.54 Å². The highest BCUT2D eigenvalue weighted by Gasteiger charge is 2.27. The Morgan fingerprint density at radius 2 is 1.90 bits per heavy atom. The van der Waals surface area contributed by atoms with Crippen LogP contribution in [0.1, 0.15) is 48.8 Å². The number of hydrogen-bond donors (Lipinski definition) is 1. The quantitative estimate of drug-likeness (QED) is 0.666. The van der Waals surface area contributed by atoms with Crippen molar-refractivity contribution in [3.05, 3.63) is 59.2 Å². The summed E-state index contributed by atoms with van der Waals surface area (Å²) in [5, 5.41) is 3.47. The Kier molecular flexibility index (Phi) is 6.84. The Labute approximate surface area is 180 Å². The van der Waals surface area contributed by atoms with Crippen molar-refractivity contribution >= 4 is 11.8 Å². The molecule has 0 aromatic heterocycles. The predicted octanol–water partition coefficient (Wildman–Crippen LogP) is 5.14. The van der Waals surface area contributed by atoms with Gasteiger partial charge in [-0.25, -0.2) is 0 Å². The first-order chi connectivity index (χ1) is 14.2. The van der Waals surface area contributed by atoms with E-state index in [4.69, 9.17) is 4.74 Å². The number of fused-ring (bicyclic) bond motifs is 1. The third-order valence-corrected chi connectivity index (χ3v) is 7.29. The Bertz CT molecular complexity index is 801. The van der Waals surface area contributed by atoms with Gasteiger partial charge in [-0.05, 0) is 92.5 Å². The highest BCUT2D eigenvalue weighted by atomic mass is 32.2. The fraction of sp³-hybridized carbons (Fsp3) is 0.520. The van der Waals surface area contributed by atoms with Gasteiger partial charge >= 0.3 is 0 Å². The van der Waals surface area contributed by atoms with Gasteiger partial charge in [0, 0.05) is 23.9 Å². The SMILES string of the molecule is CCC(Oc1ccc2c(c1)CN(C)CC2c1ccc(SC)cc1)C1CCNCC1. The maximum atomic E-state index is 6.53. The highest BCUT2D eigenvalue weighted by molar-refractivity contribution is 7.98. The van der Waals surface area contributed by atoms with E-state index in [2.05, 4.69) is 72.9 Å². The van der Waals surface area contributed by atoms with Crippen LogP contribution in [0, 0.1) is 5.92 Å². The summed E-state index contributed by atoms with van der Waals surface area (Å²) in [5.41, 5.74) is 4.28. The van der Waals surface area contributed by atoms with Crippen LogP contribution in [0.5, 0.6) is 5.75 Å². The van der Waals surface area contributed by atoms with Gasteiger partial charge in [0.05, 0.1) is 0 Å². The van der Waals surface area contributed by atoms with Crippen LogP contribution in [0.25, 0.3) is 0 Å². The minimum atomic E-state index is 0.325. The van der Waals surface area contributed by atoms with E-state index in [9.17, 15) is 0 Å². The number of hydrogen-bond acceptors (Lipinski definition) is 4. The van der Waals surface area contributed by atoms with E-state index in [0.717, 1.165) is 38.3 Å². The molecule has 3 nitrogen and oxygen atoms in total. The lowest BCUT2D eigenvalue weighted by molar-refractivity contribution is 0.108. The van der Waals surface area contributed by atoms with Crippen molar-refractivity contribution < 1.29 is 4.74 Å². The van der Waals surface area contributed by atoms with Gasteiger partial charge in [-0.3, -0.25) is 0 Å². The van der Waals surface area contributed by atoms with Crippen molar-refractivity contribution in [1.29, 1.82) is 0 Å². The summed E-state index contributed by atoms with van der Waals surface area (Å²) in [6, 6.07) is 15.9. The molecule has 4 rings (SSSR count). The molecule has 2 aromatic rings. The minimum Gasteiger partial charge on any atom is -0.490 e. The number of thioether (sulfide) groups is 1. The van der Waals surface area contributed by atoms with Gasteiger partial charge in [-0.2, -0.15) is 0 Å². The van der Waals surface area contributed by atoms with Gasteiger partial charge in [-0.15, -0.1) is 11.8 Å². The fourth-order valence-corrected chi connectivity index (χ4v) is 5.33. The average molecular weight is 411 g/mol. The lowest BCUT2D eigenvalue weighted by atomic mass is 9.84. The topological polar surface area (TPSA) is 24.5 Å². The van der Waals surface area contributed by atoms with Crippen LogP contribution in [-0.4, -0.2) is 43.9 Å². The van der Waals surface area contributed by atoms with Crippen molar-refractivity contribution in [3.8, 4) is 5.75 Å². The number of rotatable bonds is 6. The van der Waals surface area contributed by atoms with Crippen molar-refractivity contribution in [2.45, 2.75) is 49.6 Å². The van der Waals surface area contributed by atoms with Crippen LogP contribution >= 0.6 is 11.8 Å². The Morgan fingerprint density at radius 1 is 1.14 bits per heavy atom. The molecule has 156 valence electrons. The zero-order valence-electron chi connectivity index (χ0n) is 18.0. The number of ether oxygens (including phenoxy) is 1. The first kappa shape index (κ1) is 20.8. The zero-order valence-corrected chi connectivity index (χ0v) is 18.8. The molecule has 2 atom stereocenters. The highest BCUT2D eigenvalue weighted by Crippen LogP contribution is 2.36. The lowest BCUT2D eigenvalue weighted by Gasteiger charge is -2.34. The predicted molar refractivity (Wildman–Crippen MR) is 123 cm³/mol. The second kappa shape index (κ2) is 9.55. The molecule has 29 heavy (non-hydrogen) atoms. The molecular weight excluding hydrogens is 376 g/mol. The lowest BCUT2D eigenvalue weighted by Crippen LogP contribution is -2.36. The second-order valence-electron chi connectivity index (χ2n) is 8.54. The maximum Gasteiger partial charge on any atom is 0.120 e. The summed E-state index contributed by atoms with van der Waals surface area (Å²) in [4.78, 5) is 3.76. The number of likely N-dealkylation sites (N-methyl/N-ethyl adjacent to an activating group) is 1. The summed E-state index contributed by atoms with van der Waals surface area (Å²) in [5.74, 6) is 2.14. The number of nitrogens with zero attached hydrogens (tertiary/aromatic N) is 1. The molecule has 0 aliphatic carbocycles. The van der Waals surface area contributed by atoms with Crippen LogP contribution in [0.15, 0.2) is 47.4 Å². The van der Waals surface area contributed by atoms with Crippen molar-refractivity contribution in [1.82, 2.24) is 10.2 Å². The smallest absolute Gasteiger partial charge is 0.120 e. The molecule has 0 bridgehead atoms. The maximum absolute atomic E-state index is 6.53. The third-order valence-electron chi connectivity index (χ3n) is 6.54. The normalized spacial score (nSPS) is 21.6. The Balaban J connectivity index is 1.55. The standard InChI is InChI=1S/C25H34N2OS/c1-4-25(19-11-13-26-14-12-19)28-21-7-10-23-20(15-21)16-27(2)17-24(23)18-5-8-22(29-3)9-6-18/h5-10,15,19,24-26H,4,11-14,16-17H2,1-3H3. The van der Waals surface area contributed by atoms with E-state index in [1.165, 1.54) is 34.4 Å². The van der Waals surface area contributed by atoms with Crippen LogP contribution in [0.4, 0.5) is 0 Å². The van der Waals surface area contributed by atoms with Gasteiger partial charge in [0.1, 0.15) is 11.9 Å². The molecule has 2 aliphatic rings. The van der Waals surface area contributed by atoms with E-state index < -0.39 is 0 Å². The second-order valence-corrected chi connectivity index (χ2v) is 9.41. The van der Waals surface area contributed by atoms with E-state index in [1.54, 1.807) is 11.8 Å². The van der Waals surface area contributed by atoms with Crippen LogP contribution < -0.4 is 10.1 Å². The summed E-state index contributed by atoms with van der Waals surface area (Å²) in [7, 11) is 2.23. The molecule has 2 unspecified atom stereocenters. The summed E-state index contributed by atoms with van der Waals surface area (Å²) < 4.78 is 6.53. The molecule has 1 saturated heterocycles. The molecule has 1 N–H and O–H groups in total. The van der Waals surface area contributed by atoms with Gasteiger partial charge in [0.15, 0.2) is 0 Å². The van der Waals surface area contributed by atoms with E-state index in [-0.39, 0.29) is 0 Å². The summed E-state index contributed by atoms with van der Waals surface area (Å²) in [6.07, 6.45) is 5.98. The first-order valence-electron chi connectivity index (χ1n) is 11.0. The first-order valence-corrected chi connectivity index (χ1v) is 12.2. The molecule has 2 aliphatic heterocycles. The van der Waals surface area contributed by atoms with Crippen molar-refractivity contribution in [3.63, 3.8) is 0 Å². The third kappa shape index (κ3) is 4.82. The van der Waals surface area contributed by atoms with E-state index >= 15 is 0 Å². The number of nitrogens with one attached hydrogen (secondary N) is 1. The Morgan fingerprint density at radius 3 is 2.59 bits per heavy atom.